The predicted octanol–water partition coefficient (Wildman–Crippen LogP) is 4.65. The molecule has 6 heteroatoms. The number of methoxy groups -OCH3 is 1. The van der Waals surface area contributed by atoms with Gasteiger partial charge in [0.05, 0.1) is 26.9 Å². The Bertz CT molecular complexity index is 826. The maximum absolute atomic E-state index is 11.1. The van der Waals surface area contributed by atoms with Crippen molar-refractivity contribution < 1.29 is 28.8 Å². The van der Waals surface area contributed by atoms with E-state index in [2.05, 4.69) is 0 Å². The molecule has 6 nitrogen and oxygen atoms in total. The fourth-order valence-corrected chi connectivity index (χ4v) is 2.92. The van der Waals surface area contributed by atoms with E-state index in [1.165, 1.54) is 5.56 Å². The summed E-state index contributed by atoms with van der Waals surface area (Å²) in [5, 5.41) is 9.09. The average Bonchev–Trinajstić information content (AvgIpc) is 2.75. The highest BCUT2D eigenvalue weighted by Gasteiger charge is 2.09. The maximum atomic E-state index is 11.1. The van der Waals surface area contributed by atoms with Crippen LogP contribution in [-0.2, 0) is 22.4 Å². The first-order valence-electron chi connectivity index (χ1n) is 10.1. The summed E-state index contributed by atoms with van der Waals surface area (Å²) in [5.41, 5.74) is 2.20. The molecule has 0 amide bonds. The van der Waals surface area contributed by atoms with Gasteiger partial charge in [-0.3, -0.25) is 0 Å². The molecule has 0 unspecified atom stereocenters. The monoisotopic (exact) mass is 414 g/mol. The number of aliphatic carboxylic acids is 1. The van der Waals surface area contributed by atoms with Gasteiger partial charge in [0.2, 0.25) is 0 Å². The highest BCUT2D eigenvalue weighted by Crippen LogP contribution is 2.29. The van der Waals surface area contributed by atoms with Crippen LogP contribution in [-0.4, -0.2) is 38.0 Å². The summed E-state index contributed by atoms with van der Waals surface area (Å²) in [6.45, 7) is 5.24. The molecule has 2 aromatic carbocycles. The molecule has 0 aliphatic carbocycles. The van der Waals surface area contributed by atoms with Gasteiger partial charge in [0, 0.05) is 6.42 Å². The topological polar surface area (TPSA) is 74.2 Å². The molecule has 2 aromatic rings. The van der Waals surface area contributed by atoms with Crippen LogP contribution < -0.4 is 14.2 Å². The van der Waals surface area contributed by atoms with Crippen LogP contribution in [0.5, 0.6) is 17.2 Å². The van der Waals surface area contributed by atoms with Crippen LogP contribution in [0.3, 0.4) is 0 Å². The van der Waals surface area contributed by atoms with Gasteiger partial charge < -0.3 is 24.1 Å². The molecule has 0 spiro atoms. The number of hydrogen-bond donors (Lipinski definition) is 1. The van der Waals surface area contributed by atoms with E-state index in [1.807, 2.05) is 49.4 Å². The molecule has 0 aromatic heterocycles. The number of carbonyl (C=O) groups is 1. The molecule has 0 radical (unpaired) electrons. The van der Waals surface area contributed by atoms with Crippen LogP contribution in [0.2, 0.25) is 0 Å². The van der Waals surface area contributed by atoms with Crippen molar-refractivity contribution in [3.63, 3.8) is 0 Å². The summed E-state index contributed by atoms with van der Waals surface area (Å²) >= 11 is 0. The molecular weight excluding hydrogens is 384 g/mol. The quantitative estimate of drug-likeness (QED) is 0.380. The SMILES string of the molecule is CCO/C(=C\CCc1ccc(OCCc2ccc(OCC)cc2)c(OC)c1)C(=O)O. The van der Waals surface area contributed by atoms with E-state index >= 15 is 0 Å². The zero-order valence-electron chi connectivity index (χ0n) is 17.8. The van der Waals surface area contributed by atoms with Gasteiger partial charge in [-0.2, -0.15) is 0 Å². The van der Waals surface area contributed by atoms with E-state index in [9.17, 15) is 4.79 Å². The second-order valence-corrected chi connectivity index (χ2v) is 6.51. The number of carboxylic acids is 1. The molecule has 2 rings (SSSR count). The van der Waals surface area contributed by atoms with Crippen molar-refractivity contribution in [1.29, 1.82) is 0 Å². The molecule has 0 atom stereocenters. The smallest absolute Gasteiger partial charge is 0.370 e. The molecule has 0 aliphatic rings. The Balaban J connectivity index is 1.90. The number of ether oxygens (including phenoxy) is 4. The van der Waals surface area contributed by atoms with Crippen molar-refractivity contribution >= 4 is 5.97 Å². The van der Waals surface area contributed by atoms with Crippen LogP contribution in [0.1, 0.15) is 31.4 Å². The molecule has 0 bridgehead atoms. The van der Waals surface area contributed by atoms with Crippen molar-refractivity contribution in [1.82, 2.24) is 0 Å². The molecule has 0 fully saturated rings. The number of benzene rings is 2. The lowest BCUT2D eigenvalue weighted by Gasteiger charge is -2.12. The van der Waals surface area contributed by atoms with Crippen LogP contribution in [0.15, 0.2) is 54.3 Å². The molecule has 0 aliphatic heterocycles. The number of rotatable bonds is 13. The highest BCUT2D eigenvalue weighted by atomic mass is 16.5. The van der Waals surface area contributed by atoms with Gasteiger partial charge in [0.15, 0.2) is 17.3 Å². The van der Waals surface area contributed by atoms with E-state index in [4.69, 9.17) is 24.1 Å². The van der Waals surface area contributed by atoms with Crippen molar-refractivity contribution in [3.8, 4) is 17.2 Å². The van der Waals surface area contributed by atoms with Gasteiger partial charge in [-0.25, -0.2) is 4.79 Å². The normalized spacial score (nSPS) is 11.1. The standard InChI is InChI=1S/C24H30O6/c1-4-28-20-12-9-18(10-13-20)15-16-30-21-14-11-19(17-23(21)27-3)7-6-8-22(24(25)26)29-5-2/h8-14,17H,4-7,15-16H2,1-3H3,(H,25,26)/b22-8-. The largest absolute Gasteiger partial charge is 0.494 e. The molecule has 30 heavy (non-hydrogen) atoms. The van der Waals surface area contributed by atoms with Crippen molar-refractivity contribution in [2.45, 2.75) is 33.1 Å². The Kier molecular flexibility index (Phi) is 9.58. The minimum atomic E-state index is -1.05. The Hall–Kier alpha value is -3.15. The van der Waals surface area contributed by atoms with Crippen molar-refractivity contribution in [2.24, 2.45) is 0 Å². The molecule has 0 saturated carbocycles. The van der Waals surface area contributed by atoms with E-state index in [1.54, 1.807) is 20.1 Å². The number of hydrogen-bond acceptors (Lipinski definition) is 5. The lowest BCUT2D eigenvalue weighted by Crippen LogP contribution is -2.05. The highest BCUT2D eigenvalue weighted by molar-refractivity contribution is 5.84. The molecular formula is C24H30O6. The Morgan fingerprint density at radius 3 is 2.30 bits per heavy atom. The van der Waals surface area contributed by atoms with Crippen molar-refractivity contribution in [3.05, 3.63) is 65.4 Å². The van der Waals surface area contributed by atoms with Gasteiger partial charge in [0.1, 0.15) is 5.75 Å². The van der Waals surface area contributed by atoms with Crippen LogP contribution in [0.4, 0.5) is 0 Å². The Labute approximate surface area is 178 Å². The van der Waals surface area contributed by atoms with Crippen LogP contribution in [0.25, 0.3) is 0 Å². The summed E-state index contributed by atoms with van der Waals surface area (Å²) in [6, 6.07) is 13.8. The number of allylic oxidation sites excluding steroid dienone is 1. The number of carboxylic acid groups (broad SMARTS) is 1. The van der Waals surface area contributed by atoms with Gasteiger partial charge in [-0.1, -0.05) is 18.2 Å². The lowest BCUT2D eigenvalue weighted by molar-refractivity contribution is -0.136. The summed E-state index contributed by atoms with van der Waals surface area (Å²) in [7, 11) is 1.61. The second kappa shape index (κ2) is 12.4. The zero-order chi connectivity index (χ0) is 21.8. The first-order chi connectivity index (χ1) is 14.6. The maximum Gasteiger partial charge on any atom is 0.370 e. The average molecular weight is 414 g/mol. The fraction of sp³-hybridized carbons (Fsp3) is 0.375. The Morgan fingerprint density at radius 2 is 1.67 bits per heavy atom. The van der Waals surface area contributed by atoms with Gasteiger partial charge in [-0.05, 0) is 68.2 Å². The summed E-state index contributed by atoms with van der Waals surface area (Å²) < 4.78 is 21.9. The molecule has 0 heterocycles. The second-order valence-electron chi connectivity index (χ2n) is 6.51. The van der Waals surface area contributed by atoms with E-state index < -0.39 is 5.97 Å². The van der Waals surface area contributed by atoms with Crippen LogP contribution >= 0.6 is 0 Å². The van der Waals surface area contributed by atoms with Gasteiger partial charge >= 0.3 is 5.97 Å². The first-order valence-corrected chi connectivity index (χ1v) is 10.1. The summed E-state index contributed by atoms with van der Waals surface area (Å²) in [6.07, 6.45) is 3.60. The third-order valence-electron chi connectivity index (χ3n) is 4.38. The minimum absolute atomic E-state index is 0.0151. The fourth-order valence-electron chi connectivity index (χ4n) is 2.92. The minimum Gasteiger partial charge on any atom is -0.494 e. The third-order valence-corrected chi connectivity index (χ3v) is 4.38. The zero-order valence-corrected chi connectivity index (χ0v) is 17.8. The molecule has 1 N–H and O–H groups in total. The van der Waals surface area contributed by atoms with Crippen LogP contribution in [0, 0.1) is 0 Å². The lowest BCUT2D eigenvalue weighted by atomic mass is 10.1. The van der Waals surface area contributed by atoms with E-state index in [-0.39, 0.29) is 5.76 Å². The Morgan fingerprint density at radius 1 is 0.933 bits per heavy atom. The molecule has 0 saturated heterocycles. The van der Waals surface area contributed by atoms with E-state index in [0.717, 1.165) is 17.7 Å². The van der Waals surface area contributed by atoms with Crippen molar-refractivity contribution in [2.75, 3.05) is 26.9 Å². The van der Waals surface area contributed by atoms with Gasteiger partial charge in [-0.15, -0.1) is 0 Å². The summed E-state index contributed by atoms with van der Waals surface area (Å²) in [5.74, 6) is 1.14. The predicted molar refractivity (Wildman–Crippen MR) is 115 cm³/mol. The third kappa shape index (κ3) is 7.35. The summed E-state index contributed by atoms with van der Waals surface area (Å²) in [4.78, 5) is 11.1. The molecule has 162 valence electrons. The van der Waals surface area contributed by atoms with E-state index in [0.29, 0.717) is 44.2 Å². The first kappa shape index (κ1) is 23.1. The van der Waals surface area contributed by atoms with Gasteiger partial charge in [0.25, 0.3) is 0 Å². The number of aryl methyl sites for hydroxylation is 1.